The van der Waals surface area contributed by atoms with Crippen molar-refractivity contribution in [1.82, 2.24) is 9.97 Å². The van der Waals surface area contributed by atoms with Crippen LogP contribution in [0.5, 0.6) is 0 Å². The first-order chi connectivity index (χ1) is 12.6. The lowest BCUT2D eigenvalue weighted by atomic mass is 10.2. The molecule has 2 aromatic carbocycles. The Morgan fingerprint density at radius 1 is 1.04 bits per heavy atom. The molecule has 0 fully saturated rings. The minimum atomic E-state index is 0.534. The lowest BCUT2D eigenvalue weighted by Crippen LogP contribution is -2.06. The Labute approximate surface area is 162 Å². The van der Waals surface area contributed by atoms with E-state index in [1.807, 2.05) is 43.3 Å². The number of hydrogen-bond acceptors (Lipinski definition) is 5. The summed E-state index contributed by atoms with van der Waals surface area (Å²) in [5.74, 6) is 1.13. The number of nitrogens with one attached hydrogen (secondary N) is 2. The Bertz CT molecular complexity index is 913. The largest absolute Gasteiger partial charge is 0.350 e. The summed E-state index contributed by atoms with van der Waals surface area (Å²) in [5.41, 5.74) is 5.65. The SMILES string of the molecule is Cc1cc(N/N=C/c2ccc(Cl)cc2Cl)nc(NCc2ccccc2)n1. The minimum absolute atomic E-state index is 0.534. The molecule has 2 N–H and O–H groups in total. The van der Waals surface area contributed by atoms with Gasteiger partial charge in [0.25, 0.3) is 0 Å². The van der Waals surface area contributed by atoms with Crippen LogP contribution >= 0.6 is 23.2 Å². The minimum Gasteiger partial charge on any atom is -0.350 e. The van der Waals surface area contributed by atoms with Gasteiger partial charge in [0.05, 0.1) is 11.2 Å². The number of aromatic nitrogens is 2. The maximum Gasteiger partial charge on any atom is 0.225 e. The normalized spacial score (nSPS) is 10.9. The van der Waals surface area contributed by atoms with E-state index in [0.717, 1.165) is 16.8 Å². The van der Waals surface area contributed by atoms with Crippen LogP contribution in [-0.4, -0.2) is 16.2 Å². The fraction of sp³-hybridized carbons (Fsp3) is 0.105. The maximum atomic E-state index is 6.12. The second kappa shape index (κ2) is 8.65. The van der Waals surface area contributed by atoms with Crippen molar-refractivity contribution in [2.24, 2.45) is 5.10 Å². The van der Waals surface area contributed by atoms with Crippen LogP contribution in [-0.2, 0) is 6.54 Å². The number of halogens is 2. The Hall–Kier alpha value is -2.63. The lowest BCUT2D eigenvalue weighted by molar-refractivity contribution is 1.02. The summed E-state index contributed by atoms with van der Waals surface area (Å²) in [5, 5.41) is 8.52. The molecule has 0 aliphatic rings. The second-order valence-corrected chi connectivity index (χ2v) is 6.44. The molecule has 0 unspecified atom stereocenters. The van der Waals surface area contributed by atoms with Gasteiger partial charge in [-0.15, -0.1) is 0 Å². The van der Waals surface area contributed by atoms with Gasteiger partial charge < -0.3 is 5.32 Å². The van der Waals surface area contributed by atoms with E-state index in [4.69, 9.17) is 23.2 Å². The molecule has 0 saturated carbocycles. The molecule has 1 aromatic heterocycles. The summed E-state index contributed by atoms with van der Waals surface area (Å²) >= 11 is 12.0. The maximum absolute atomic E-state index is 6.12. The number of benzene rings is 2. The van der Waals surface area contributed by atoms with Crippen LogP contribution in [0.25, 0.3) is 0 Å². The van der Waals surface area contributed by atoms with Gasteiger partial charge in [0.1, 0.15) is 0 Å². The number of hydrazone groups is 1. The van der Waals surface area contributed by atoms with Gasteiger partial charge in [0.15, 0.2) is 5.82 Å². The molecule has 0 spiro atoms. The van der Waals surface area contributed by atoms with E-state index < -0.39 is 0 Å². The Morgan fingerprint density at radius 3 is 2.62 bits per heavy atom. The fourth-order valence-electron chi connectivity index (χ4n) is 2.26. The molecule has 0 bridgehead atoms. The number of anilines is 2. The first-order valence-corrected chi connectivity index (χ1v) is 8.73. The van der Waals surface area contributed by atoms with Gasteiger partial charge in [-0.05, 0) is 24.6 Å². The first kappa shape index (κ1) is 18.2. The molecule has 0 aliphatic heterocycles. The molecule has 0 atom stereocenters. The van der Waals surface area contributed by atoms with E-state index in [9.17, 15) is 0 Å². The third kappa shape index (κ3) is 5.18. The molecule has 3 aromatic rings. The van der Waals surface area contributed by atoms with Crippen molar-refractivity contribution < 1.29 is 0 Å². The molecule has 132 valence electrons. The van der Waals surface area contributed by atoms with Crippen LogP contribution in [0.3, 0.4) is 0 Å². The molecule has 26 heavy (non-hydrogen) atoms. The predicted octanol–water partition coefficient (Wildman–Crippen LogP) is 5.15. The van der Waals surface area contributed by atoms with Gasteiger partial charge in [-0.25, -0.2) is 4.98 Å². The van der Waals surface area contributed by atoms with Crippen LogP contribution < -0.4 is 10.7 Å². The molecule has 5 nitrogen and oxygen atoms in total. The molecule has 1 heterocycles. The molecule has 0 saturated heterocycles. The number of nitrogens with zero attached hydrogens (tertiary/aromatic N) is 3. The van der Waals surface area contributed by atoms with E-state index >= 15 is 0 Å². The zero-order chi connectivity index (χ0) is 18.4. The zero-order valence-electron chi connectivity index (χ0n) is 14.1. The predicted molar refractivity (Wildman–Crippen MR) is 108 cm³/mol. The third-order valence-electron chi connectivity index (χ3n) is 3.49. The zero-order valence-corrected chi connectivity index (χ0v) is 15.6. The van der Waals surface area contributed by atoms with E-state index in [1.54, 1.807) is 24.4 Å². The van der Waals surface area contributed by atoms with Gasteiger partial charge in [0, 0.05) is 28.9 Å². The van der Waals surface area contributed by atoms with Crippen molar-refractivity contribution in [1.29, 1.82) is 0 Å². The summed E-state index contributed by atoms with van der Waals surface area (Å²) in [6, 6.07) is 17.1. The number of hydrogen-bond donors (Lipinski definition) is 2. The van der Waals surface area contributed by atoms with E-state index in [-0.39, 0.29) is 0 Å². The van der Waals surface area contributed by atoms with Crippen LogP contribution in [0.1, 0.15) is 16.8 Å². The summed E-state index contributed by atoms with van der Waals surface area (Å²) in [4.78, 5) is 8.80. The monoisotopic (exact) mass is 385 g/mol. The Kier molecular flexibility index (Phi) is 6.04. The van der Waals surface area contributed by atoms with E-state index in [2.05, 4.69) is 25.8 Å². The third-order valence-corrected chi connectivity index (χ3v) is 4.06. The highest BCUT2D eigenvalue weighted by Crippen LogP contribution is 2.19. The van der Waals surface area contributed by atoms with Crippen molar-refractivity contribution in [3.05, 3.63) is 81.5 Å². The van der Waals surface area contributed by atoms with Gasteiger partial charge >= 0.3 is 0 Å². The Morgan fingerprint density at radius 2 is 1.85 bits per heavy atom. The van der Waals surface area contributed by atoms with Crippen LogP contribution in [0.4, 0.5) is 11.8 Å². The molecular weight excluding hydrogens is 369 g/mol. The average Bonchev–Trinajstić information content (AvgIpc) is 2.62. The molecular formula is C19H17Cl2N5. The molecule has 7 heteroatoms. The standard InChI is InChI=1S/C19H17Cl2N5/c1-13-9-18(26-23-12-15-7-8-16(20)10-17(15)21)25-19(24-13)22-11-14-5-3-2-4-6-14/h2-10,12H,11H2,1H3,(H2,22,24,25,26)/b23-12+. The average molecular weight is 386 g/mol. The molecule has 0 aliphatic carbocycles. The van der Waals surface area contributed by atoms with Crippen molar-refractivity contribution in [2.45, 2.75) is 13.5 Å². The second-order valence-electron chi connectivity index (χ2n) is 5.59. The molecule has 3 rings (SSSR count). The van der Waals surface area contributed by atoms with Crippen molar-refractivity contribution in [3.8, 4) is 0 Å². The quantitative estimate of drug-likeness (QED) is 0.454. The topological polar surface area (TPSA) is 62.2 Å². The van der Waals surface area contributed by atoms with Crippen molar-refractivity contribution >= 4 is 41.2 Å². The summed E-state index contributed by atoms with van der Waals surface area (Å²) in [7, 11) is 0. The van der Waals surface area contributed by atoms with Gasteiger partial charge in [0.2, 0.25) is 5.95 Å². The van der Waals surface area contributed by atoms with Gasteiger partial charge in [-0.2, -0.15) is 10.1 Å². The van der Waals surface area contributed by atoms with Crippen LogP contribution in [0.15, 0.2) is 59.7 Å². The summed E-state index contributed by atoms with van der Waals surface area (Å²) in [6.07, 6.45) is 1.62. The van der Waals surface area contributed by atoms with Gasteiger partial charge in [-0.1, -0.05) is 59.6 Å². The highest BCUT2D eigenvalue weighted by atomic mass is 35.5. The van der Waals surface area contributed by atoms with E-state index in [1.165, 1.54) is 0 Å². The highest BCUT2D eigenvalue weighted by Gasteiger charge is 2.02. The molecule has 0 radical (unpaired) electrons. The van der Waals surface area contributed by atoms with Crippen molar-refractivity contribution in [3.63, 3.8) is 0 Å². The first-order valence-electron chi connectivity index (χ1n) is 7.98. The smallest absolute Gasteiger partial charge is 0.225 e. The van der Waals surface area contributed by atoms with E-state index in [0.29, 0.717) is 28.4 Å². The Balaban J connectivity index is 1.66. The van der Waals surface area contributed by atoms with Crippen LogP contribution in [0, 0.1) is 6.92 Å². The summed E-state index contributed by atoms with van der Waals surface area (Å²) in [6.45, 7) is 2.55. The summed E-state index contributed by atoms with van der Waals surface area (Å²) < 4.78 is 0. The lowest BCUT2D eigenvalue weighted by Gasteiger charge is -2.08. The fourth-order valence-corrected chi connectivity index (χ4v) is 2.71. The van der Waals surface area contributed by atoms with Crippen LogP contribution in [0.2, 0.25) is 10.0 Å². The van der Waals surface area contributed by atoms with Gasteiger partial charge in [-0.3, -0.25) is 5.43 Å². The van der Waals surface area contributed by atoms with Crippen molar-refractivity contribution in [2.75, 3.05) is 10.7 Å². The highest BCUT2D eigenvalue weighted by molar-refractivity contribution is 6.36. The molecule has 0 amide bonds. The number of aryl methyl sites for hydroxylation is 1. The number of rotatable bonds is 6.